The van der Waals surface area contributed by atoms with Crippen molar-refractivity contribution in [3.8, 4) is 0 Å². The average Bonchev–Trinajstić information content (AvgIpc) is 2.85. The van der Waals surface area contributed by atoms with Crippen LogP contribution in [0.2, 0.25) is 0 Å². The van der Waals surface area contributed by atoms with Crippen LogP contribution in [0.3, 0.4) is 0 Å². The molecule has 108 valence electrons. The topological polar surface area (TPSA) is 54.0 Å². The minimum Gasteiger partial charge on any atom is -0.384 e. The molecule has 2 aromatic rings. The fourth-order valence-corrected chi connectivity index (χ4v) is 3.06. The highest BCUT2D eigenvalue weighted by Gasteiger charge is 2.24. The second kappa shape index (κ2) is 5.85. The number of rotatable bonds is 3. The monoisotopic (exact) mass is 345 g/mol. The Kier molecular flexibility index (Phi) is 3.92. The van der Waals surface area contributed by atoms with Gasteiger partial charge in [0.15, 0.2) is 0 Å². The Morgan fingerprint density at radius 3 is 3.10 bits per heavy atom. The molecular formula is C16H16BrN3O. The van der Waals surface area contributed by atoms with Gasteiger partial charge in [-0.2, -0.15) is 0 Å². The second-order valence-corrected chi connectivity index (χ2v) is 6.15. The predicted octanol–water partition coefficient (Wildman–Crippen LogP) is 3.69. The molecule has 0 fully saturated rings. The SMILES string of the molecule is Cc1cc(Br)cnc1NC(=O)CC1CNc2ccccc21. The highest BCUT2D eigenvalue weighted by atomic mass is 79.9. The molecule has 2 heterocycles. The van der Waals surface area contributed by atoms with Crippen molar-refractivity contribution in [3.05, 3.63) is 52.1 Å². The highest BCUT2D eigenvalue weighted by molar-refractivity contribution is 9.10. The first-order valence-electron chi connectivity index (χ1n) is 6.88. The zero-order valence-electron chi connectivity index (χ0n) is 11.7. The van der Waals surface area contributed by atoms with Gasteiger partial charge in [0.05, 0.1) is 0 Å². The van der Waals surface area contributed by atoms with E-state index in [0.29, 0.717) is 12.2 Å². The van der Waals surface area contributed by atoms with E-state index < -0.39 is 0 Å². The van der Waals surface area contributed by atoms with Crippen molar-refractivity contribution in [1.82, 2.24) is 4.98 Å². The molecule has 0 spiro atoms. The molecule has 0 saturated heterocycles. The number of nitrogens with one attached hydrogen (secondary N) is 2. The van der Waals surface area contributed by atoms with E-state index in [0.717, 1.165) is 22.3 Å². The molecule has 1 unspecified atom stereocenters. The van der Waals surface area contributed by atoms with Gasteiger partial charge in [-0.25, -0.2) is 4.98 Å². The van der Waals surface area contributed by atoms with Crippen LogP contribution in [0.15, 0.2) is 41.0 Å². The van der Waals surface area contributed by atoms with E-state index in [-0.39, 0.29) is 11.8 Å². The van der Waals surface area contributed by atoms with Crippen LogP contribution in [-0.2, 0) is 4.79 Å². The Bertz CT molecular complexity index is 687. The number of anilines is 2. The summed E-state index contributed by atoms with van der Waals surface area (Å²) in [7, 11) is 0. The van der Waals surface area contributed by atoms with Crippen molar-refractivity contribution >= 4 is 33.3 Å². The lowest BCUT2D eigenvalue weighted by atomic mass is 9.97. The molecule has 1 aromatic carbocycles. The van der Waals surface area contributed by atoms with E-state index in [1.54, 1.807) is 6.20 Å². The molecule has 1 aromatic heterocycles. The number of halogens is 1. The molecule has 21 heavy (non-hydrogen) atoms. The summed E-state index contributed by atoms with van der Waals surface area (Å²) in [4.78, 5) is 16.5. The smallest absolute Gasteiger partial charge is 0.226 e. The summed E-state index contributed by atoms with van der Waals surface area (Å²) in [6.07, 6.45) is 2.15. The van der Waals surface area contributed by atoms with Gasteiger partial charge >= 0.3 is 0 Å². The number of pyridine rings is 1. The summed E-state index contributed by atoms with van der Waals surface area (Å²) in [5.41, 5.74) is 3.30. The van der Waals surface area contributed by atoms with Crippen molar-refractivity contribution in [1.29, 1.82) is 0 Å². The van der Waals surface area contributed by atoms with Crippen molar-refractivity contribution in [2.75, 3.05) is 17.2 Å². The number of aromatic nitrogens is 1. The first kappa shape index (κ1) is 14.1. The number of carbonyl (C=O) groups is 1. The lowest BCUT2D eigenvalue weighted by molar-refractivity contribution is -0.116. The number of hydrogen-bond acceptors (Lipinski definition) is 3. The van der Waals surface area contributed by atoms with Gasteiger partial charge in [-0.05, 0) is 46.1 Å². The van der Waals surface area contributed by atoms with Crippen LogP contribution in [0.1, 0.15) is 23.5 Å². The Morgan fingerprint density at radius 1 is 1.48 bits per heavy atom. The Hall–Kier alpha value is -1.88. The summed E-state index contributed by atoms with van der Waals surface area (Å²) < 4.78 is 0.909. The fourth-order valence-electron chi connectivity index (χ4n) is 2.62. The number of benzene rings is 1. The molecule has 1 atom stereocenters. The van der Waals surface area contributed by atoms with Crippen molar-refractivity contribution in [2.45, 2.75) is 19.3 Å². The maximum atomic E-state index is 12.2. The zero-order chi connectivity index (χ0) is 14.8. The van der Waals surface area contributed by atoms with Crippen LogP contribution in [0.5, 0.6) is 0 Å². The average molecular weight is 346 g/mol. The van der Waals surface area contributed by atoms with E-state index in [9.17, 15) is 4.79 Å². The largest absolute Gasteiger partial charge is 0.384 e. The zero-order valence-corrected chi connectivity index (χ0v) is 13.3. The van der Waals surface area contributed by atoms with Gasteiger partial charge in [0, 0.05) is 35.2 Å². The molecule has 1 aliphatic rings. The van der Waals surface area contributed by atoms with Crippen molar-refractivity contribution < 1.29 is 4.79 Å². The van der Waals surface area contributed by atoms with Crippen LogP contribution >= 0.6 is 15.9 Å². The van der Waals surface area contributed by atoms with Crippen molar-refractivity contribution in [3.63, 3.8) is 0 Å². The Labute approximate surface area is 132 Å². The first-order valence-corrected chi connectivity index (χ1v) is 7.67. The molecule has 2 N–H and O–H groups in total. The molecular weight excluding hydrogens is 330 g/mol. The number of aryl methyl sites for hydroxylation is 1. The number of hydrogen-bond donors (Lipinski definition) is 2. The van der Waals surface area contributed by atoms with E-state index in [1.807, 2.05) is 31.2 Å². The van der Waals surface area contributed by atoms with Crippen LogP contribution in [-0.4, -0.2) is 17.4 Å². The normalized spacial score (nSPS) is 16.2. The summed E-state index contributed by atoms with van der Waals surface area (Å²) in [5.74, 6) is 0.843. The minimum absolute atomic E-state index is 0.00331. The molecule has 0 bridgehead atoms. The summed E-state index contributed by atoms with van der Waals surface area (Å²) in [5, 5.41) is 6.23. The highest BCUT2D eigenvalue weighted by Crippen LogP contribution is 2.33. The van der Waals surface area contributed by atoms with E-state index >= 15 is 0 Å². The van der Waals surface area contributed by atoms with Gasteiger partial charge in [-0.3, -0.25) is 4.79 Å². The third-order valence-electron chi connectivity index (χ3n) is 3.67. The van der Waals surface area contributed by atoms with E-state index in [1.165, 1.54) is 5.56 Å². The van der Waals surface area contributed by atoms with E-state index in [2.05, 4.69) is 37.6 Å². The van der Waals surface area contributed by atoms with Gasteiger partial charge in [-0.15, -0.1) is 0 Å². The minimum atomic E-state index is -0.00331. The van der Waals surface area contributed by atoms with Gasteiger partial charge < -0.3 is 10.6 Å². The maximum absolute atomic E-state index is 12.2. The standard InChI is InChI=1S/C16H16BrN3O/c1-10-6-12(17)9-19-16(10)20-15(21)7-11-8-18-14-5-3-2-4-13(11)14/h2-6,9,11,18H,7-8H2,1H3,(H,19,20,21). The van der Waals surface area contributed by atoms with Gasteiger partial charge in [0.25, 0.3) is 0 Å². The number of nitrogens with zero attached hydrogens (tertiary/aromatic N) is 1. The quantitative estimate of drug-likeness (QED) is 0.891. The lowest BCUT2D eigenvalue weighted by Crippen LogP contribution is -2.18. The molecule has 0 saturated carbocycles. The van der Waals surface area contributed by atoms with Gasteiger partial charge in [0.2, 0.25) is 5.91 Å². The maximum Gasteiger partial charge on any atom is 0.226 e. The second-order valence-electron chi connectivity index (χ2n) is 5.24. The van der Waals surface area contributed by atoms with Crippen LogP contribution < -0.4 is 10.6 Å². The van der Waals surface area contributed by atoms with Crippen LogP contribution in [0.25, 0.3) is 0 Å². The van der Waals surface area contributed by atoms with Gasteiger partial charge in [-0.1, -0.05) is 18.2 Å². The molecule has 5 heteroatoms. The Balaban J connectivity index is 1.68. The summed E-state index contributed by atoms with van der Waals surface area (Å²) in [6, 6.07) is 10.1. The van der Waals surface area contributed by atoms with E-state index in [4.69, 9.17) is 0 Å². The van der Waals surface area contributed by atoms with Gasteiger partial charge in [0.1, 0.15) is 5.82 Å². The predicted molar refractivity (Wildman–Crippen MR) is 87.6 cm³/mol. The number of carbonyl (C=O) groups excluding carboxylic acids is 1. The third kappa shape index (κ3) is 3.08. The molecule has 0 radical (unpaired) electrons. The fraction of sp³-hybridized carbons (Fsp3) is 0.250. The molecule has 4 nitrogen and oxygen atoms in total. The lowest BCUT2D eigenvalue weighted by Gasteiger charge is -2.11. The third-order valence-corrected chi connectivity index (χ3v) is 4.11. The van der Waals surface area contributed by atoms with Crippen LogP contribution in [0, 0.1) is 6.92 Å². The van der Waals surface area contributed by atoms with Crippen LogP contribution in [0.4, 0.5) is 11.5 Å². The molecule has 3 rings (SSSR count). The summed E-state index contributed by atoms with van der Waals surface area (Å²) in [6.45, 7) is 2.74. The summed E-state index contributed by atoms with van der Waals surface area (Å²) >= 11 is 3.37. The number of para-hydroxylation sites is 1. The molecule has 0 aliphatic carbocycles. The number of amides is 1. The molecule has 1 amide bonds. The molecule has 1 aliphatic heterocycles. The first-order chi connectivity index (χ1) is 10.1. The number of fused-ring (bicyclic) bond motifs is 1. The Morgan fingerprint density at radius 2 is 2.29 bits per heavy atom. The van der Waals surface area contributed by atoms with Crippen molar-refractivity contribution in [2.24, 2.45) is 0 Å².